The van der Waals surface area contributed by atoms with Crippen LogP contribution in [0.25, 0.3) is 5.57 Å². The van der Waals surface area contributed by atoms with Crippen molar-refractivity contribution >= 4 is 23.1 Å². The summed E-state index contributed by atoms with van der Waals surface area (Å²) in [4.78, 5) is 21.5. The Hall–Kier alpha value is -3.19. The topological polar surface area (TPSA) is 65.9 Å². The summed E-state index contributed by atoms with van der Waals surface area (Å²) in [5.74, 6) is 0.897. The number of aromatic nitrogens is 1. The molecular weight excluding hydrogens is 510 g/mol. The standard InChI is InChI=1S/C32H36ClN3O3/c1-22(37)36(19-23-8-11-25(33)12-9-23)26-14-17-35(20-26)16-5-7-27-28-6-4-15-34-30(28)21-39-31-13-10-24(18-29(27)31)32(2,3)38/h4,6-13,15,18,26,38H,5,14,16-17,19-21H2,1-3H3/b27-7-. The first kappa shape index (κ1) is 27.4. The van der Waals surface area contributed by atoms with E-state index in [1.165, 1.54) is 0 Å². The lowest BCUT2D eigenvalue weighted by molar-refractivity contribution is -0.131. The number of pyridine rings is 1. The normalized spacial score (nSPS) is 18.3. The zero-order chi connectivity index (χ0) is 27.6. The van der Waals surface area contributed by atoms with Crippen LogP contribution in [0.2, 0.25) is 5.02 Å². The predicted molar refractivity (Wildman–Crippen MR) is 154 cm³/mol. The molecule has 2 aromatic carbocycles. The minimum absolute atomic E-state index is 0.0979. The van der Waals surface area contributed by atoms with Crippen LogP contribution in [-0.2, 0) is 23.5 Å². The molecule has 2 aliphatic heterocycles. The molecule has 1 aromatic heterocycles. The number of ether oxygens (including phenoxy) is 1. The van der Waals surface area contributed by atoms with Crippen molar-refractivity contribution in [2.45, 2.75) is 58.4 Å². The van der Waals surface area contributed by atoms with Crippen LogP contribution in [0.1, 0.15) is 61.6 Å². The van der Waals surface area contributed by atoms with Gasteiger partial charge in [0.25, 0.3) is 0 Å². The molecule has 1 saturated heterocycles. The average molecular weight is 546 g/mol. The molecule has 3 aromatic rings. The fourth-order valence-corrected chi connectivity index (χ4v) is 5.63. The summed E-state index contributed by atoms with van der Waals surface area (Å²) >= 11 is 6.04. The minimum Gasteiger partial charge on any atom is -0.487 e. The van der Waals surface area contributed by atoms with Crippen LogP contribution < -0.4 is 4.74 Å². The van der Waals surface area contributed by atoms with Gasteiger partial charge in [-0.25, -0.2) is 0 Å². The van der Waals surface area contributed by atoms with Crippen LogP contribution in [0.15, 0.2) is 66.9 Å². The summed E-state index contributed by atoms with van der Waals surface area (Å²) in [5, 5.41) is 11.4. The maximum absolute atomic E-state index is 12.5. The molecule has 3 heterocycles. The number of hydrogen-bond acceptors (Lipinski definition) is 5. The number of benzene rings is 2. The number of aliphatic hydroxyl groups is 1. The van der Waals surface area contributed by atoms with Crippen molar-refractivity contribution < 1.29 is 14.6 Å². The largest absolute Gasteiger partial charge is 0.487 e. The summed E-state index contributed by atoms with van der Waals surface area (Å²) in [6.07, 6.45) is 5.88. The highest BCUT2D eigenvalue weighted by molar-refractivity contribution is 6.30. The smallest absolute Gasteiger partial charge is 0.220 e. The number of rotatable bonds is 7. The summed E-state index contributed by atoms with van der Waals surface area (Å²) < 4.78 is 6.13. The van der Waals surface area contributed by atoms with E-state index in [9.17, 15) is 9.90 Å². The van der Waals surface area contributed by atoms with Crippen molar-refractivity contribution in [3.8, 4) is 5.75 Å². The van der Waals surface area contributed by atoms with E-state index < -0.39 is 5.60 Å². The third-order valence-corrected chi connectivity index (χ3v) is 7.93. The predicted octanol–water partition coefficient (Wildman–Crippen LogP) is 5.80. The second kappa shape index (κ2) is 11.5. The van der Waals surface area contributed by atoms with Crippen LogP contribution >= 0.6 is 11.6 Å². The van der Waals surface area contributed by atoms with Crippen molar-refractivity contribution in [3.05, 3.63) is 99.8 Å². The fourth-order valence-electron chi connectivity index (χ4n) is 5.50. The SMILES string of the molecule is CC(=O)N(Cc1ccc(Cl)cc1)C1CCN(CC/C=C2\c3cc(C(C)(C)O)ccc3OCc3ncccc32)C1. The maximum atomic E-state index is 12.5. The number of fused-ring (bicyclic) bond motifs is 2. The number of amides is 1. The van der Waals surface area contributed by atoms with Crippen LogP contribution in [0.3, 0.4) is 0 Å². The zero-order valence-electron chi connectivity index (χ0n) is 22.9. The van der Waals surface area contributed by atoms with Gasteiger partial charge in [-0.2, -0.15) is 0 Å². The Morgan fingerprint density at radius 2 is 2.00 bits per heavy atom. The molecule has 0 radical (unpaired) electrons. The number of likely N-dealkylation sites (tertiary alicyclic amines) is 1. The molecule has 0 bridgehead atoms. The molecule has 0 saturated carbocycles. The van der Waals surface area contributed by atoms with E-state index >= 15 is 0 Å². The Labute approximate surface area is 235 Å². The molecule has 6 nitrogen and oxygen atoms in total. The molecule has 1 amide bonds. The molecule has 7 heteroatoms. The number of carbonyl (C=O) groups is 1. The van der Waals surface area contributed by atoms with E-state index in [1.54, 1.807) is 27.0 Å². The van der Waals surface area contributed by atoms with Crippen LogP contribution in [-0.4, -0.2) is 51.5 Å². The Kier molecular flexibility index (Phi) is 8.08. The molecule has 1 N–H and O–H groups in total. The summed E-state index contributed by atoms with van der Waals surface area (Å²) in [6.45, 7) is 8.96. The first-order valence-electron chi connectivity index (χ1n) is 13.6. The van der Waals surface area contributed by atoms with Crippen molar-refractivity contribution in [3.63, 3.8) is 0 Å². The first-order valence-corrected chi connectivity index (χ1v) is 14.0. The molecule has 39 heavy (non-hydrogen) atoms. The summed E-state index contributed by atoms with van der Waals surface area (Å²) in [7, 11) is 0. The van der Waals surface area contributed by atoms with E-state index in [2.05, 4.69) is 22.0 Å². The number of hydrogen-bond donors (Lipinski definition) is 1. The van der Waals surface area contributed by atoms with E-state index in [-0.39, 0.29) is 11.9 Å². The average Bonchev–Trinajstić information content (AvgIpc) is 3.31. The van der Waals surface area contributed by atoms with Crippen molar-refractivity contribution in [2.75, 3.05) is 19.6 Å². The van der Waals surface area contributed by atoms with Gasteiger partial charge in [0.05, 0.1) is 11.3 Å². The van der Waals surface area contributed by atoms with Gasteiger partial charge < -0.3 is 19.6 Å². The van der Waals surface area contributed by atoms with Crippen LogP contribution in [0.4, 0.5) is 0 Å². The molecule has 0 spiro atoms. The van der Waals surface area contributed by atoms with Gasteiger partial charge in [0, 0.05) is 61.5 Å². The van der Waals surface area contributed by atoms with Gasteiger partial charge in [-0.15, -0.1) is 0 Å². The van der Waals surface area contributed by atoms with Gasteiger partial charge in [-0.05, 0) is 73.7 Å². The van der Waals surface area contributed by atoms with Crippen molar-refractivity contribution in [2.24, 2.45) is 0 Å². The van der Waals surface area contributed by atoms with E-state index in [4.69, 9.17) is 16.3 Å². The van der Waals surface area contributed by atoms with Crippen molar-refractivity contribution in [1.29, 1.82) is 0 Å². The van der Waals surface area contributed by atoms with Gasteiger partial charge in [0.2, 0.25) is 5.91 Å². The highest BCUT2D eigenvalue weighted by Gasteiger charge is 2.29. The second-order valence-electron chi connectivity index (χ2n) is 11.0. The minimum atomic E-state index is -0.955. The molecule has 204 valence electrons. The lowest BCUT2D eigenvalue weighted by atomic mass is 9.90. The fraction of sp³-hybridized carbons (Fsp3) is 0.375. The molecule has 5 rings (SSSR count). The van der Waals surface area contributed by atoms with Gasteiger partial charge in [-0.3, -0.25) is 9.78 Å². The van der Waals surface area contributed by atoms with E-state index in [1.807, 2.05) is 53.4 Å². The Balaban J connectivity index is 1.32. The van der Waals surface area contributed by atoms with Crippen LogP contribution in [0, 0.1) is 0 Å². The van der Waals surface area contributed by atoms with Crippen LogP contribution in [0.5, 0.6) is 5.75 Å². The molecule has 2 aliphatic rings. The zero-order valence-corrected chi connectivity index (χ0v) is 23.6. The highest BCUT2D eigenvalue weighted by Crippen LogP contribution is 2.38. The second-order valence-corrected chi connectivity index (χ2v) is 11.4. The third kappa shape index (κ3) is 6.35. The number of nitrogens with zero attached hydrogens (tertiary/aromatic N) is 3. The quantitative estimate of drug-likeness (QED) is 0.406. The molecule has 1 unspecified atom stereocenters. The Morgan fingerprint density at radius 3 is 2.74 bits per heavy atom. The molecular formula is C32H36ClN3O3. The number of carbonyl (C=O) groups excluding carboxylic acids is 1. The molecule has 1 atom stereocenters. The maximum Gasteiger partial charge on any atom is 0.220 e. The van der Waals surface area contributed by atoms with Gasteiger partial charge in [0.15, 0.2) is 0 Å². The monoisotopic (exact) mass is 545 g/mol. The van der Waals surface area contributed by atoms with Gasteiger partial charge >= 0.3 is 0 Å². The summed E-state index contributed by atoms with van der Waals surface area (Å²) in [6, 6.07) is 17.9. The summed E-state index contributed by atoms with van der Waals surface area (Å²) in [5.41, 5.74) is 5.01. The first-order chi connectivity index (χ1) is 18.7. The van der Waals surface area contributed by atoms with E-state index in [0.29, 0.717) is 18.2 Å². The molecule has 1 fully saturated rings. The van der Waals surface area contributed by atoms with Gasteiger partial charge in [0.1, 0.15) is 12.4 Å². The van der Waals surface area contributed by atoms with Gasteiger partial charge in [-0.1, -0.05) is 41.9 Å². The Bertz CT molecular complexity index is 1360. The third-order valence-electron chi connectivity index (χ3n) is 7.67. The number of halogens is 1. The lowest BCUT2D eigenvalue weighted by Crippen LogP contribution is -2.40. The molecule has 0 aliphatic carbocycles. The van der Waals surface area contributed by atoms with E-state index in [0.717, 1.165) is 71.7 Å². The highest BCUT2D eigenvalue weighted by atomic mass is 35.5. The lowest BCUT2D eigenvalue weighted by Gasteiger charge is -2.28. The Morgan fingerprint density at radius 1 is 1.21 bits per heavy atom. The van der Waals surface area contributed by atoms with Crippen molar-refractivity contribution in [1.82, 2.24) is 14.8 Å².